The minimum absolute atomic E-state index is 0.274. The Morgan fingerprint density at radius 3 is 2.45 bits per heavy atom. The van der Waals surface area contributed by atoms with Crippen LogP contribution < -0.4 is 16.2 Å². The molecule has 1 heterocycles. The Morgan fingerprint density at radius 2 is 1.77 bits per heavy atom. The maximum absolute atomic E-state index is 11.9. The molecule has 0 aliphatic rings. The molecule has 6 heteroatoms. The number of anilines is 1. The molecule has 0 aliphatic heterocycles. The largest absolute Gasteiger partial charge is 0.331 e. The molecule has 1 aromatic heterocycles. The standard InChI is InChI=1S/C16H18N4OS/c1-11(2)13-5-3-4-6-14(13)18-16(22)20-19-15(21)12-7-9-17-10-8-12/h3-11H,1-2H3,(H,19,21)(H2,18,20,22). The predicted molar refractivity (Wildman–Crippen MR) is 91.6 cm³/mol. The van der Waals surface area contributed by atoms with Gasteiger partial charge in [0.15, 0.2) is 5.11 Å². The number of para-hydroxylation sites is 1. The van der Waals surface area contributed by atoms with Crippen molar-refractivity contribution in [2.75, 3.05) is 5.32 Å². The molecule has 2 aromatic rings. The SMILES string of the molecule is CC(C)c1ccccc1NC(=S)NNC(=O)c1ccncc1. The third-order valence-corrected chi connectivity index (χ3v) is 3.27. The second kappa shape index (κ2) is 7.51. The van der Waals surface area contributed by atoms with Gasteiger partial charge in [0, 0.05) is 23.6 Å². The summed E-state index contributed by atoms with van der Waals surface area (Å²) in [6.07, 6.45) is 3.12. The Hall–Kier alpha value is -2.47. The summed E-state index contributed by atoms with van der Waals surface area (Å²) in [7, 11) is 0. The molecule has 0 aliphatic carbocycles. The van der Waals surface area contributed by atoms with Gasteiger partial charge in [0.1, 0.15) is 0 Å². The minimum atomic E-state index is -0.274. The highest BCUT2D eigenvalue weighted by Crippen LogP contribution is 2.23. The van der Waals surface area contributed by atoms with Crippen molar-refractivity contribution in [1.29, 1.82) is 0 Å². The van der Waals surface area contributed by atoms with Crippen LogP contribution in [0.5, 0.6) is 0 Å². The minimum Gasteiger partial charge on any atom is -0.331 e. The van der Waals surface area contributed by atoms with Gasteiger partial charge in [0.05, 0.1) is 0 Å². The van der Waals surface area contributed by atoms with Crippen molar-refractivity contribution < 1.29 is 4.79 Å². The van der Waals surface area contributed by atoms with E-state index in [2.05, 4.69) is 35.0 Å². The molecule has 22 heavy (non-hydrogen) atoms. The van der Waals surface area contributed by atoms with Crippen LogP contribution in [0.3, 0.4) is 0 Å². The molecule has 0 bridgehead atoms. The number of hydrogen-bond donors (Lipinski definition) is 3. The first-order chi connectivity index (χ1) is 10.6. The summed E-state index contributed by atoms with van der Waals surface area (Å²) in [6, 6.07) is 11.2. The third kappa shape index (κ3) is 4.26. The number of thiocarbonyl (C=S) groups is 1. The number of rotatable bonds is 3. The molecule has 0 spiro atoms. The molecule has 0 fully saturated rings. The Balaban J connectivity index is 1.93. The summed E-state index contributed by atoms with van der Waals surface area (Å²) < 4.78 is 0. The first-order valence-electron chi connectivity index (χ1n) is 6.94. The monoisotopic (exact) mass is 314 g/mol. The van der Waals surface area contributed by atoms with Crippen LogP contribution in [0.1, 0.15) is 35.7 Å². The average molecular weight is 314 g/mol. The van der Waals surface area contributed by atoms with Crippen LogP contribution in [0.15, 0.2) is 48.8 Å². The van der Waals surface area contributed by atoms with Crippen LogP contribution in [0.2, 0.25) is 0 Å². The Bertz CT molecular complexity index is 658. The normalized spacial score (nSPS) is 10.1. The zero-order chi connectivity index (χ0) is 15.9. The molecule has 3 N–H and O–H groups in total. The first-order valence-corrected chi connectivity index (χ1v) is 7.35. The fourth-order valence-electron chi connectivity index (χ4n) is 1.96. The molecular weight excluding hydrogens is 296 g/mol. The van der Waals surface area contributed by atoms with Crippen LogP contribution in [-0.2, 0) is 0 Å². The summed E-state index contributed by atoms with van der Waals surface area (Å²) in [5, 5.41) is 3.42. The molecule has 0 unspecified atom stereocenters. The molecule has 1 amide bonds. The van der Waals surface area contributed by atoms with E-state index in [-0.39, 0.29) is 5.91 Å². The van der Waals surface area contributed by atoms with Crippen LogP contribution in [0.4, 0.5) is 5.69 Å². The summed E-state index contributed by atoms with van der Waals surface area (Å²) >= 11 is 5.20. The van der Waals surface area contributed by atoms with E-state index < -0.39 is 0 Å². The van der Waals surface area contributed by atoms with E-state index in [9.17, 15) is 4.79 Å². The van der Waals surface area contributed by atoms with Crippen molar-refractivity contribution in [1.82, 2.24) is 15.8 Å². The van der Waals surface area contributed by atoms with E-state index in [1.54, 1.807) is 24.5 Å². The second-order valence-corrected chi connectivity index (χ2v) is 5.42. The zero-order valence-electron chi connectivity index (χ0n) is 12.5. The van der Waals surface area contributed by atoms with Gasteiger partial charge < -0.3 is 5.32 Å². The lowest BCUT2D eigenvalue weighted by Crippen LogP contribution is -2.43. The number of carbonyl (C=O) groups excluding carboxylic acids is 1. The Morgan fingerprint density at radius 1 is 1.09 bits per heavy atom. The lowest BCUT2D eigenvalue weighted by molar-refractivity contribution is 0.0944. The summed E-state index contributed by atoms with van der Waals surface area (Å²) in [5.74, 6) is 0.0987. The van der Waals surface area contributed by atoms with Gasteiger partial charge in [-0.2, -0.15) is 0 Å². The number of hydrogen-bond acceptors (Lipinski definition) is 3. The molecule has 2 rings (SSSR count). The van der Waals surface area contributed by atoms with Gasteiger partial charge in [-0.05, 0) is 41.9 Å². The fourth-order valence-corrected chi connectivity index (χ4v) is 2.12. The number of aromatic nitrogens is 1. The van der Waals surface area contributed by atoms with Crippen molar-refractivity contribution in [2.24, 2.45) is 0 Å². The highest BCUT2D eigenvalue weighted by molar-refractivity contribution is 7.80. The first kappa shape index (κ1) is 15.9. The molecular formula is C16H18N4OS. The summed E-state index contributed by atoms with van der Waals surface area (Å²) in [4.78, 5) is 15.8. The van der Waals surface area contributed by atoms with Gasteiger partial charge in [-0.3, -0.25) is 20.6 Å². The van der Waals surface area contributed by atoms with Crippen molar-refractivity contribution in [3.05, 3.63) is 59.9 Å². The topological polar surface area (TPSA) is 66.0 Å². The molecule has 1 aromatic carbocycles. The van der Waals surface area contributed by atoms with Gasteiger partial charge in [-0.15, -0.1) is 0 Å². The number of nitrogens with one attached hydrogen (secondary N) is 3. The van der Waals surface area contributed by atoms with Crippen LogP contribution in [0.25, 0.3) is 0 Å². The highest BCUT2D eigenvalue weighted by atomic mass is 32.1. The molecule has 114 valence electrons. The van der Waals surface area contributed by atoms with E-state index in [4.69, 9.17) is 12.2 Å². The van der Waals surface area contributed by atoms with Crippen LogP contribution in [0, 0.1) is 0 Å². The maximum atomic E-state index is 11.9. The number of amides is 1. The Labute approximate surface area is 135 Å². The van der Waals surface area contributed by atoms with Crippen molar-refractivity contribution >= 4 is 28.9 Å². The number of hydrazine groups is 1. The second-order valence-electron chi connectivity index (χ2n) is 5.01. The van der Waals surface area contributed by atoms with E-state index in [1.807, 2.05) is 24.3 Å². The molecule has 5 nitrogen and oxygen atoms in total. The number of benzene rings is 1. The van der Waals surface area contributed by atoms with Crippen LogP contribution >= 0.6 is 12.2 Å². The average Bonchev–Trinajstić information content (AvgIpc) is 2.53. The summed E-state index contributed by atoms with van der Waals surface area (Å²) in [5.41, 5.74) is 7.83. The third-order valence-electron chi connectivity index (χ3n) is 3.06. The predicted octanol–water partition coefficient (Wildman–Crippen LogP) is 2.84. The van der Waals surface area contributed by atoms with E-state index in [0.717, 1.165) is 11.3 Å². The van der Waals surface area contributed by atoms with Gasteiger partial charge >= 0.3 is 0 Å². The highest BCUT2D eigenvalue weighted by Gasteiger charge is 2.08. The van der Waals surface area contributed by atoms with E-state index in [1.165, 1.54) is 0 Å². The van der Waals surface area contributed by atoms with Gasteiger partial charge in [-0.1, -0.05) is 32.0 Å². The number of nitrogens with zero attached hydrogens (tertiary/aromatic N) is 1. The van der Waals surface area contributed by atoms with Crippen molar-refractivity contribution in [3.8, 4) is 0 Å². The molecule has 0 saturated heterocycles. The van der Waals surface area contributed by atoms with Crippen LogP contribution in [-0.4, -0.2) is 16.0 Å². The number of pyridine rings is 1. The summed E-state index contributed by atoms with van der Waals surface area (Å²) in [6.45, 7) is 4.23. The maximum Gasteiger partial charge on any atom is 0.269 e. The lowest BCUT2D eigenvalue weighted by atomic mass is 10.0. The molecule has 0 radical (unpaired) electrons. The van der Waals surface area contributed by atoms with Gasteiger partial charge in [-0.25, -0.2) is 0 Å². The molecule has 0 atom stereocenters. The van der Waals surface area contributed by atoms with Crippen molar-refractivity contribution in [2.45, 2.75) is 19.8 Å². The number of carbonyl (C=O) groups is 1. The van der Waals surface area contributed by atoms with E-state index >= 15 is 0 Å². The quantitative estimate of drug-likeness (QED) is 0.600. The smallest absolute Gasteiger partial charge is 0.269 e. The zero-order valence-corrected chi connectivity index (χ0v) is 13.3. The van der Waals surface area contributed by atoms with E-state index in [0.29, 0.717) is 16.6 Å². The van der Waals surface area contributed by atoms with Gasteiger partial charge in [0.25, 0.3) is 5.91 Å². The Kier molecular flexibility index (Phi) is 5.43. The van der Waals surface area contributed by atoms with Crippen molar-refractivity contribution in [3.63, 3.8) is 0 Å². The fraction of sp³-hybridized carbons (Fsp3) is 0.188. The lowest BCUT2D eigenvalue weighted by Gasteiger charge is -2.16. The molecule has 0 saturated carbocycles. The van der Waals surface area contributed by atoms with Gasteiger partial charge in [0.2, 0.25) is 0 Å².